The molecule has 25 heavy (non-hydrogen) atoms. The lowest BCUT2D eigenvalue weighted by Gasteiger charge is -2.11. The van der Waals surface area contributed by atoms with E-state index in [9.17, 15) is 4.79 Å². The lowest BCUT2D eigenvalue weighted by atomic mass is 9.93. The van der Waals surface area contributed by atoms with Gasteiger partial charge in [0.15, 0.2) is 5.76 Å². The van der Waals surface area contributed by atoms with Crippen molar-refractivity contribution in [2.75, 3.05) is 5.32 Å². The minimum atomic E-state index is -0.343. The van der Waals surface area contributed by atoms with E-state index in [2.05, 4.69) is 20.5 Å². The van der Waals surface area contributed by atoms with E-state index in [1.165, 1.54) is 0 Å². The van der Waals surface area contributed by atoms with E-state index < -0.39 is 0 Å². The van der Waals surface area contributed by atoms with Crippen molar-refractivity contribution in [2.45, 2.75) is 33.1 Å². The molecular weight excluding hydrogens is 320 g/mol. The molecule has 0 fully saturated rings. The fourth-order valence-electron chi connectivity index (χ4n) is 2.82. The first kappa shape index (κ1) is 16.7. The maximum Gasteiger partial charge on any atom is 0.292 e. The predicted molar refractivity (Wildman–Crippen MR) is 95.7 cm³/mol. The highest BCUT2D eigenvalue weighted by molar-refractivity contribution is 6.09. The van der Waals surface area contributed by atoms with Crippen LogP contribution in [0.15, 0.2) is 32.9 Å². The van der Waals surface area contributed by atoms with Crippen LogP contribution in [0.4, 0.5) is 5.82 Å². The van der Waals surface area contributed by atoms with Gasteiger partial charge in [-0.25, -0.2) is 4.98 Å². The van der Waals surface area contributed by atoms with Gasteiger partial charge in [0.2, 0.25) is 5.96 Å². The number of aromatic nitrogens is 1. The first-order chi connectivity index (χ1) is 12.0. The van der Waals surface area contributed by atoms with E-state index in [1.807, 2.05) is 19.9 Å². The maximum absolute atomic E-state index is 12.6. The number of guanidine groups is 1. The summed E-state index contributed by atoms with van der Waals surface area (Å²) in [6.45, 7) is 3.76. The zero-order valence-electron chi connectivity index (χ0n) is 14.2. The number of fused-ring (bicyclic) bond motifs is 1. The van der Waals surface area contributed by atoms with Crippen molar-refractivity contribution in [2.24, 2.45) is 21.7 Å². The molecule has 0 spiro atoms. The van der Waals surface area contributed by atoms with Crippen LogP contribution in [0.2, 0.25) is 0 Å². The van der Waals surface area contributed by atoms with E-state index in [0.717, 1.165) is 47.4 Å². The van der Waals surface area contributed by atoms with Gasteiger partial charge in [0.05, 0.1) is 5.71 Å². The second kappa shape index (κ2) is 6.76. The number of hydrogen-bond acceptors (Lipinski definition) is 5. The molecule has 130 valence electrons. The molecule has 0 atom stereocenters. The minimum absolute atomic E-state index is 0.107. The normalized spacial score (nSPS) is 14.9. The summed E-state index contributed by atoms with van der Waals surface area (Å²) in [5.41, 5.74) is 14.0. The van der Waals surface area contributed by atoms with Crippen LogP contribution < -0.4 is 16.8 Å². The van der Waals surface area contributed by atoms with Crippen LogP contribution >= 0.6 is 0 Å². The van der Waals surface area contributed by atoms with Crippen LogP contribution in [0.1, 0.15) is 45.8 Å². The van der Waals surface area contributed by atoms with Crippen LogP contribution in [0.3, 0.4) is 0 Å². The van der Waals surface area contributed by atoms with Gasteiger partial charge in [-0.1, -0.05) is 6.07 Å². The Morgan fingerprint density at radius 1 is 1.28 bits per heavy atom. The average Bonchev–Trinajstić information content (AvgIpc) is 2.93. The summed E-state index contributed by atoms with van der Waals surface area (Å²) < 4.78 is 5.80. The number of nitrogens with zero attached hydrogens (tertiary/aromatic N) is 3. The number of rotatable bonds is 3. The van der Waals surface area contributed by atoms with Gasteiger partial charge >= 0.3 is 0 Å². The van der Waals surface area contributed by atoms with Crippen LogP contribution in [0, 0.1) is 13.8 Å². The Hall–Kier alpha value is -3.16. The summed E-state index contributed by atoms with van der Waals surface area (Å²) in [7, 11) is 0. The molecule has 5 N–H and O–H groups in total. The predicted octanol–water partition coefficient (Wildman–Crippen LogP) is 1.86. The smallest absolute Gasteiger partial charge is 0.292 e. The van der Waals surface area contributed by atoms with E-state index >= 15 is 0 Å². The summed E-state index contributed by atoms with van der Waals surface area (Å²) >= 11 is 0. The number of nitrogens with two attached hydrogens (primary N) is 2. The Bertz CT molecular complexity index is 860. The molecule has 8 heteroatoms. The molecule has 0 radical (unpaired) electrons. The molecule has 0 saturated heterocycles. The largest absolute Gasteiger partial charge is 0.455 e. The Kier molecular flexibility index (Phi) is 4.51. The number of amides is 1. The monoisotopic (exact) mass is 340 g/mol. The van der Waals surface area contributed by atoms with Gasteiger partial charge in [0.25, 0.3) is 5.91 Å². The Balaban J connectivity index is 1.91. The lowest BCUT2D eigenvalue weighted by molar-refractivity contribution is 0.0993. The second-order valence-corrected chi connectivity index (χ2v) is 5.95. The molecule has 8 nitrogen and oxygen atoms in total. The second-order valence-electron chi connectivity index (χ2n) is 5.95. The standard InChI is InChI=1S/C17H20N6O2/c1-9-6-7-13(20-8-9)21-16(24)15-10(2)14-11(22-23-17(18)19)4-3-5-12(14)25-15/h6-8H,3-5H2,1-2H3,(H4,18,19,23)(H,20,21,24)/b22-11+. The molecule has 0 aliphatic heterocycles. The van der Waals surface area contributed by atoms with E-state index in [4.69, 9.17) is 15.9 Å². The number of pyridine rings is 1. The molecule has 1 amide bonds. The van der Waals surface area contributed by atoms with Gasteiger partial charge in [0.1, 0.15) is 11.6 Å². The Morgan fingerprint density at radius 2 is 2.08 bits per heavy atom. The van der Waals surface area contributed by atoms with Gasteiger partial charge in [0, 0.05) is 23.7 Å². The molecule has 2 aromatic rings. The van der Waals surface area contributed by atoms with Crippen LogP contribution in [-0.2, 0) is 6.42 Å². The fourth-order valence-corrected chi connectivity index (χ4v) is 2.82. The van der Waals surface area contributed by atoms with Crippen molar-refractivity contribution in [1.29, 1.82) is 0 Å². The zero-order valence-corrected chi connectivity index (χ0v) is 14.2. The number of carbonyl (C=O) groups is 1. The van der Waals surface area contributed by atoms with Gasteiger partial charge in [-0.3, -0.25) is 4.79 Å². The Morgan fingerprint density at radius 3 is 2.76 bits per heavy atom. The van der Waals surface area contributed by atoms with Crippen LogP contribution in [0.25, 0.3) is 0 Å². The fraction of sp³-hybridized carbons (Fsp3) is 0.294. The van der Waals surface area contributed by atoms with Crippen molar-refractivity contribution in [1.82, 2.24) is 4.98 Å². The first-order valence-electron chi connectivity index (χ1n) is 7.98. The van der Waals surface area contributed by atoms with Gasteiger partial charge < -0.3 is 21.2 Å². The number of nitrogens with one attached hydrogen (secondary N) is 1. The van der Waals surface area contributed by atoms with Crippen LogP contribution in [0.5, 0.6) is 0 Å². The molecule has 1 aliphatic carbocycles. The molecule has 0 bridgehead atoms. The lowest BCUT2D eigenvalue weighted by Crippen LogP contribution is -2.22. The molecule has 0 aromatic carbocycles. The van der Waals surface area contributed by atoms with E-state index in [1.54, 1.807) is 12.3 Å². The molecule has 2 aromatic heterocycles. The number of furan rings is 1. The summed E-state index contributed by atoms with van der Waals surface area (Å²) in [6, 6.07) is 3.62. The molecule has 2 heterocycles. The summed E-state index contributed by atoms with van der Waals surface area (Å²) in [5, 5.41) is 10.6. The Labute approximate surface area is 145 Å². The quantitative estimate of drug-likeness (QED) is 0.446. The number of anilines is 1. The highest BCUT2D eigenvalue weighted by Gasteiger charge is 2.28. The molecule has 0 saturated carbocycles. The summed E-state index contributed by atoms with van der Waals surface area (Å²) in [5.74, 6) is 1.01. The molecule has 3 rings (SSSR count). The van der Waals surface area contributed by atoms with Crippen LogP contribution in [-0.4, -0.2) is 22.6 Å². The van der Waals surface area contributed by atoms with Gasteiger partial charge in [-0.2, -0.15) is 5.10 Å². The maximum atomic E-state index is 12.6. The average molecular weight is 340 g/mol. The van der Waals surface area contributed by atoms with Crippen molar-refractivity contribution in [3.63, 3.8) is 0 Å². The number of hydrogen-bond donors (Lipinski definition) is 3. The zero-order chi connectivity index (χ0) is 18.0. The van der Waals surface area contributed by atoms with Crippen molar-refractivity contribution >= 4 is 23.4 Å². The highest BCUT2D eigenvalue weighted by atomic mass is 16.4. The number of carbonyl (C=O) groups excluding carboxylic acids is 1. The first-order valence-corrected chi connectivity index (χ1v) is 7.98. The molecule has 1 aliphatic rings. The minimum Gasteiger partial charge on any atom is -0.455 e. The number of aryl methyl sites for hydroxylation is 2. The summed E-state index contributed by atoms with van der Waals surface area (Å²) in [6.07, 6.45) is 4.02. The topological polar surface area (TPSA) is 132 Å². The highest BCUT2D eigenvalue weighted by Crippen LogP contribution is 2.30. The third kappa shape index (κ3) is 3.52. The summed E-state index contributed by atoms with van der Waals surface area (Å²) in [4.78, 5) is 16.7. The molecular formula is C17H20N6O2. The SMILES string of the molecule is Cc1ccc(NC(=O)c2oc3c(c2C)/C(=N/N=C(N)N)CCC3)nc1. The van der Waals surface area contributed by atoms with E-state index in [-0.39, 0.29) is 17.6 Å². The van der Waals surface area contributed by atoms with Gasteiger partial charge in [-0.05, 0) is 38.3 Å². The molecule has 0 unspecified atom stereocenters. The van der Waals surface area contributed by atoms with Gasteiger partial charge in [-0.15, -0.1) is 5.10 Å². The third-order valence-corrected chi connectivity index (χ3v) is 3.97. The third-order valence-electron chi connectivity index (χ3n) is 3.97. The van der Waals surface area contributed by atoms with Crippen molar-refractivity contribution in [3.05, 3.63) is 46.5 Å². The van der Waals surface area contributed by atoms with Crippen molar-refractivity contribution in [3.8, 4) is 0 Å². The van der Waals surface area contributed by atoms with Crippen molar-refractivity contribution < 1.29 is 9.21 Å². The van der Waals surface area contributed by atoms with E-state index in [0.29, 0.717) is 5.82 Å².